The van der Waals surface area contributed by atoms with Crippen molar-refractivity contribution in [2.45, 2.75) is 65.5 Å². The van der Waals surface area contributed by atoms with Gasteiger partial charge in [-0.1, -0.05) is 85.7 Å². The molecule has 0 radical (unpaired) electrons. The molecule has 25 heavy (non-hydrogen) atoms. The average molecular weight is 336 g/mol. The highest BCUT2D eigenvalue weighted by atomic mass is 14.9. The second-order valence-corrected chi connectivity index (χ2v) is 8.10. The maximum atomic E-state index is 3.83. The third-order valence-corrected chi connectivity index (χ3v) is 4.86. The lowest BCUT2D eigenvalue weighted by Gasteiger charge is -2.32. The van der Waals surface area contributed by atoms with Crippen molar-refractivity contribution >= 4 is 0 Å². The quantitative estimate of drug-likeness (QED) is 0.581. The Morgan fingerprint density at radius 3 is 2.16 bits per heavy atom. The van der Waals surface area contributed by atoms with Gasteiger partial charge in [0.05, 0.1) is 0 Å². The first-order chi connectivity index (χ1) is 11.8. The number of hydrogen-bond acceptors (Lipinski definition) is 1. The summed E-state index contributed by atoms with van der Waals surface area (Å²) < 4.78 is 0. The molecule has 2 aromatic carbocycles. The predicted molar refractivity (Wildman–Crippen MR) is 110 cm³/mol. The Kier molecular flexibility index (Phi) is 6.61. The zero-order valence-corrected chi connectivity index (χ0v) is 16.6. The van der Waals surface area contributed by atoms with Gasteiger partial charge in [-0.25, -0.2) is 0 Å². The average Bonchev–Trinajstić information content (AvgIpc) is 2.55. The van der Waals surface area contributed by atoms with Gasteiger partial charge in [-0.15, -0.1) is 0 Å². The van der Waals surface area contributed by atoms with Crippen LogP contribution in [-0.4, -0.2) is 6.04 Å². The molecule has 0 aromatic heterocycles. The fourth-order valence-electron chi connectivity index (χ4n) is 3.40. The van der Waals surface area contributed by atoms with E-state index >= 15 is 0 Å². The van der Waals surface area contributed by atoms with E-state index in [-0.39, 0.29) is 5.41 Å². The van der Waals surface area contributed by atoms with Crippen LogP contribution >= 0.6 is 0 Å². The molecular weight excluding hydrogens is 302 g/mol. The minimum absolute atomic E-state index is 0.119. The minimum atomic E-state index is 0.119. The van der Waals surface area contributed by atoms with Crippen LogP contribution < -0.4 is 5.32 Å². The van der Waals surface area contributed by atoms with Crippen molar-refractivity contribution in [2.75, 3.05) is 0 Å². The number of rotatable bonds is 7. The van der Waals surface area contributed by atoms with E-state index in [0.717, 1.165) is 6.42 Å². The van der Waals surface area contributed by atoms with Crippen molar-refractivity contribution in [1.29, 1.82) is 0 Å². The lowest BCUT2D eigenvalue weighted by atomic mass is 9.78. The molecular formula is C24H33N. The molecule has 1 nitrogen and oxygen atoms in total. The normalized spacial score (nSPS) is 14.0. The van der Waals surface area contributed by atoms with Crippen LogP contribution in [0.1, 0.15) is 63.8 Å². The zero-order chi connectivity index (χ0) is 18.4. The molecule has 1 unspecified atom stereocenters. The zero-order valence-electron chi connectivity index (χ0n) is 16.6. The van der Waals surface area contributed by atoms with E-state index in [1.807, 2.05) is 0 Å². The van der Waals surface area contributed by atoms with Crippen molar-refractivity contribution < 1.29 is 0 Å². The van der Waals surface area contributed by atoms with Gasteiger partial charge in [-0.05, 0) is 50.7 Å². The van der Waals surface area contributed by atoms with Gasteiger partial charge in [0.15, 0.2) is 0 Å². The lowest BCUT2D eigenvalue weighted by molar-refractivity contribution is 0.387. The highest BCUT2D eigenvalue weighted by Crippen LogP contribution is 2.30. The van der Waals surface area contributed by atoms with Gasteiger partial charge in [-0.3, -0.25) is 0 Å². The molecule has 2 aromatic rings. The molecule has 0 aliphatic carbocycles. The Morgan fingerprint density at radius 1 is 1.00 bits per heavy atom. The first-order valence-electron chi connectivity index (χ1n) is 9.31. The van der Waals surface area contributed by atoms with E-state index in [1.54, 1.807) is 0 Å². The van der Waals surface area contributed by atoms with Gasteiger partial charge in [-0.2, -0.15) is 0 Å². The maximum Gasteiger partial charge on any atom is 0.0297 e. The minimum Gasteiger partial charge on any atom is -0.304 e. The second-order valence-electron chi connectivity index (χ2n) is 8.10. The first-order valence-corrected chi connectivity index (χ1v) is 9.31. The molecule has 1 N–H and O–H groups in total. The van der Waals surface area contributed by atoms with E-state index in [4.69, 9.17) is 0 Å². The summed E-state index contributed by atoms with van der Waals surface area (Å²) >= 11 is 0. The number of benzene rings is 2. The van der Waals surface area contributed by atoms with Crippen molar-refractivity contribution in [3.63, 3.8) is 0 Å². The molecule has 0 heterocycles. The van der Waals surface area contributed by atoms with Crippen LogP contribution in [0.4, 0.5) is 0 Å². The van der Waals surface area contributed by atoms with Crippen LogP contribution in [-0.2, 0) is 5.41 Å². The third-order valence-electron chi connectivity index (χ3n) is 4.86. The van der Waals surface area contributed by atoms with Crippen LogP contribution in [0.3, 0.4) is 0 Å². The highest BCUT2D eigenvalue weighted by Gasteiger charge is 2.25. The third kappa shape index (κ3) is 5.86. The van der Waals surface area contributed by atoms with Gasteiger partial charge in [0.1, 0.15) is 0 Å². The molecule has 0 saturated heterocycles. The van der Waals surface area contributed by atoms with Crippen LogP contribution in [0.15, 0.2) is 66.2 Å². The van der Waals surface area contributed by atoms with Gasteiger partial charge < -0.3 is 5.32 Å². The summed E-state index contributed by atoms with van der Waals surface area (Å²) in [6.07, 6.45) is 3.44. The summed E-state index contributed by atoms with van der Waals surface area (Å²) in [4.78, 5) is 0. The largest absolute Gasteiger partial charge is 0.304 e. The molecule has 0 aliphatic rings. The SMILES string of the molecule is CC(C)=CC(CC(C)(C)c1ccc(C)cc1)N[C@H](C)c1ccccc1. The smallest absolute Gasteiger partial charge is 0.0297 e. The summed E-state index contributed by atoms with van der Waals surface area (Å²) in [7, 11) is 0. The summed E-state index contributed by atoms with van der Waals surface area (Å²) in [5.41, 5.74) is 5.53. The summed E-state index contributed by atoms with van der Waals surface area (Å²) in [5, 5.41) is 3.83. The fraction of sp³-hybridized carbons (Fsp3) is 0.417. The molecule has 0 amide bonds. The van der Waals surface area contributed by atoms with E-state index < -0.39 is 0 Å². The molecule has 0 bridgehead atoms. The van der Waals surface area contributed by atoms with Crippen LogP contribution in [0.5, 0.6) is 0 Å². The Hall–Kier alpha value is -1.86. The molecule has 1 heteroatoms. The van der Waals surface area contributed by atoms with Crippen LogP contribution in [0.2, 0.25) is 0 Å². The van der Waals surface area contributed by atoms with Crippen LogP contribution in [0, 0.1) is 6.92 Å². The van der Waals surface area contributed by atoms with Crippen LogP contribution in [0.25, 0.3) is 0 Å². The van der Waals surface area contributed by atoms with E-state index in [9.17, 15) is 0 Å². The van der Waals surface area contributed by atoms with Crippen molar-refractivity contribution in [3.05, 3.63) is 82.9 Å². The first kappa shape index (κ1) is 19.5. The standard InChI is InChI=1S/C24H33N/c1-18(2)16-23(25-20(4)21-10-8-7-9-11-21)17-24(5,6)22-14-12-19(3)13-15-22/h7-16,20,23,25H,17H2,1-6H3/t20-,23?/m1/s1. The lowest BCUT2D eigenvalue weighted by Crippen LogP contribution is -2.36. The molecule has 2 rings (SSSR count). The Morgan fingerprint density at radius 2 is 1.60 bits per heavy atom. The Balaban J connectivity index is 2.17. The van der Waals surface area contributed by atoms with E-state index in [0.29, 0.717) is 12.1 Å². The molecule has 134 valence electrons. The number of allylic oxidation sites excluding steroid dienone is 1. The molecule has 0 aliphatic heterocycles. The fourth-order valence-corrected chi connectivity index (χ4v) is 3.40. The number of nitrogens with one attached hydrogen (secondary N) is 1. The molecule has 0 spiro atoms. The van der Waals surface area contributed by atoms with Crippen molar-refractivity contribution in [3.8, 4) is 0 Å². The summed E-state index contributed by atoms with van der Waals surface area (Å²) in [6, 6.07) is 20.3. The van der Waals surface area contributed by atoms with Gasteiger partial charge in [0, 0.05) is 12.1 Å². The number of hydrogen-bond donors (Lipinski definition) is 1. The van der Waals surface area contributed by atoms with Gasteiger partial charge in [0.25, 0.3) is 0 Å². The predicted octanol–water partition coefficient (Wildman–Crippen LogP) is 6.35. The Bertz CT molecular complexity index is 676. The van der Waals surface area contributed by atoms with E-state index in [1.165, 1.54) is 22.3 Å². The van der Waals surface area contributed by atoms with Gasteiger partial charge in [0.2, 0.25) is 0 Å². The van der Waals surface area contributed by atoms with Crippen molar-refractivity contribution in [1.82, 2.24) is 5.32 Å². The topological polar surface area (TPSA) is 12.0 Å². The maximum absolute atomic E-state index is 3.83. The summed E-state index contributed by atoms with van der Waals surface area (Å²) in [6.45, 7) is 13.4. The molecule has 0 saturated carbocycles. The van der Waals surface area contributed by atoms with Gasteiger partial charge >= 0.3 is 0 Å². The second kappa shape index (κ2) is 8.49. The number of aryl methyl sites for hydroxylation is 1. The molecule has 0 fully saturated rings. The Labute approximate surface area is 154 Å². The highest BCUT2D eigenvalue weighted by molar-refractivity contribution is 5.28. The molecule has 2 atom stereocenters. The monoisotopic (exact) mass is 335 g/mol. The van der Waals surface area contributed by atoms with Crippen molar-refractivity contribution in [2.24, 2.45) is 0 Å². The van der Waals surface area contributed by atoms with E-state index in [2.05, 4.69) is 108 Å². The summed E-state index contributed by atoms with van der Waals surface area (Å²) in [5.74, 6) is 0.